The van der Waals surface area contributed by atoms with Crippen LogP contribution in [0.25, 0.3) is 16.7 Å². The van der Waals surface area contributed by atoms with Gasteiger partial charge in [-0.3, -0.25) is 9.36 Å². The van der Waals surface area contributed by atoms with Crippen LogP contribution in [0.15, 0.2) is 59.8 Å². The molecule has 0 saturated heterocycles. The fourth-order valence-electron chi connectivity index (χ4n) is 3.66. The average molecular weight is 406 g/mol. The number of nitrogens with one attached hydrogen (secondary N) is 1. The van der Waals surface area contributed by atoms with Gasteiger partial charge in [0.25, 0.3) is 5.91 Å². The summed E-state index contributed by atoms with van der Waals surface area (Å²) in [6.45, 7) is 2.02. The Kier molecular flexibility index (Phi) is 5.24. The number of hydrogen-bond donors (Lipinski definition) is 2. The summed E-state index contributed by atoms with van der Waals surface area (Å²) in [5.41, 5.74) is 3.96. The Hall–Kier alpha value is -3.65. The van der Waals surface area contributed by atoms with Crippen molar-refractivity contribution in [2.24, 2.45) is 0 Å². The fraction of sp³-hybridized carbons (Fsp3) is 0.227. The van der Waals surface area contributed by atoms with Crippen molar-refractivity contribution in [2.75, 3.05) is 32.1 Å². The number of aromatic nitrogens is 2. The number of aryl methyl sites for hydroxylation is 1. The number of aliphatic hydroxyl groups excluding tert-OH is 1. The van der Waals surface area contributed by atoms with Gasteiger partial charge in [0.1, 0.15) is 11.5 Å². The van der Waals surface area contributed by atoms with E-state index in [9.17, 15) is 9.59 Å². The molecule has 2 heterocycles. The van der Waals surface area contributed by atoms with E-state index in [1.54, 1.807) is 0 Å². The number of methoxy groups -OCH3 is 1. The Bertz CT molecular complexity index is 1150. The number of amides is 1. The summed E-state index contributed by atoms with van der Waals surface area (Å²) in [4.78, 5) is 30.8. The van der Waals surface area contributed by atoms with Crippen LogP contribution in [0.1, 0.15) is 5.82 Å². The number of carbonyl (C=O) groups excluding carboxylic acids is 2. The number of imidazole rings is 1. The second-order valence-corrected chi connectivity index (χ2v) is 6.95. The van der Waals surface area contributed by atoms with Crippen molar-refractivity contribution in [3.63, 3.8) is 0 Å². The molecular weight excluding hydrogens is 384 g/mol. The Morgan fingerprint density at radius 2 is 1.93 bits per heavy atom. The molecule has 1 aromatic heterocycles. The lowest BCUT2D eigenvalue weighted by molar-refractivity contribution is -0.136. The van der Waals surface area contributed by atoms with Crippen LogP contribution < -0.4 is 5.32 Å². The third kappa shape index (κ3) is 3.42. The van der Waals surface area contributed by atoms with E-state index in [0.717, 1.165) is 22.5 Å². The zero-order chi connectivity index (χ0) is 21.3. The van der Waals surface area contributed by atoms with Gasteiger partial charge in [-0.2, -0.15) is 0 Å². The molecule has 0 spiro atoms. The fourth-order valence-corrected chi connectivity index (χ4v) is 3.66. The first-order chi connectivity index (χ1) is 14.5. The summed E-state index contributed by atoms with van der Waals surface area (Å²) >= 11 is 0. The second-order valence-electron chi connectivity index (χ2n) is 6.95. The van der Waals surface area contributed by atoms with Crippen LogP contribution in [-0.2, 0) is 14.3 Å². The number of rotatable bonds is 6. The molecular formula is C22H22N4O4. The van der Waals surface area contributed by atoms with E-state index in [1.807, 2.05) is 55.5 Å². The number of nitrogens with zero attached hydrogens (tertiary/aromatic N) is 3. The summed E-state index contributed by atoms with van der Waals surface area (Å²) in [6.07, 6.45) is 0. The first-order valence-corrected chi connectivity index (χ1v) is 9.56. The van der Waals surface area contributed by atoms with E-state index in [-0.39, 0.29) is 36.9 Å². The molecule has 1 aliphatic heterocycles. The average Bonchev–Trinajstić information content (AvgIpc) is 3.25. The normalized spacial score (nSPS) is 14.0. The van der Waals surface area contributed by atoms with Crippen LogP contribution in [0, 0.1) is 6.92 Å². The number of para-hydroxylation sites is 2. The molecule has 1 aliphatic rings. The molecule has 0 aliphatic carbocycles. The van der Waals surface area contributed by atoms with E-state index in [0.29, 0.717) is 5.69 Å². The number of aliphatic hydroxyl groups is 1. The number of esters is 1. The highest BCUT2D eigenvalue weighted by Crippen LogP contribution is 2.25. The van der Waals surface area contributed by atoms with Gasteiger partial charge in [-0.25, -0.2) is 9.78 Å². The molecule has 8 heteroatoms. The van der Waals surface area contributed by atoms with Crippen LogP contribution in [0.2, 0.25) is 0 Å². The van der Waals surface area contributed by atoms with E-state index >= 15 is 0 Å². The van der Waals surface area contributed by atoms with Crippen molar-refractivity contribution < 1.29 is 19.4 Å². The van der Waals surface area contributed by atoms with Crippen molar-refractivity contribution in [2.45, 2.75) is 6.92 Å². The van der Waals surface area contributed by atoms with Gasteiger partial charge in [-0.15, -0.1) is 0 Å². The molecule has 154 valence electrons. The second kappa shape index (κ2) is 8.00. The van der Waals surface area contributed by atoms with Crippen molar-refractivity contribution in [1.29, 1.82) is 0 Å². The molecule has 1 amide bonds. The zero-order valence-electron chi connectivity index (χ0n) is 16.8. The minimum atomic E-state index is -0.566. The summed E-state index contributed by atoms with van der Waals surface area (Å²) in [6, 6.07) is 15.4. The van der Waals surface area contributed by atoms with Crippen LogP contribution in [0.5, 0.6) is 0 Å². The Morgan fingerprint density at radius 3 is 2.63 bits per heavy atom. The van der Waals surface area contributed by atoms with Gasteiger partial charge in [-0.1, -0.05) is 12.1 Å². The molecule has 2 N–H and O–H groups in total. The van der Waals surface area contributed by atoms with Gasteiger partial charge in [0.15, 0.2) is 0 Å². The summed E-state index contributed by atoms with van der Waals surface area (Å²) in [5.74, 6) is -0.0356. The first-order valence-electron chi connectivity index (χ1n) is 9.56. The lowest BCUT2D eigenvalue weighted by Gasteiger charge is -2.15. The number of benzene rings is 2. The summed E-state index contributed by atoms with van der Waals surface area (Å²) in [5, 5.41) is 12.2. The van der Waals surface area contributed by atoms with Crippen molar-refractivity contribution in [3.05, 3.63) is 65.6 Å². The maximum atomic E-state index is 12.6. The minimum absolute atomic E-state index is 0.104. The highest BCUT2D eigenvalue weighted by atomic mass is 16.5. The summed E-state index contributed by atoms with van der Waals surface area (Å²) in [7, 11) is 1.28. The standard InChI is InChI=1S/C22H22N4O4/c1-14-23-18-5-3-4-6-19(18)26(14)16-9-7-15(8-10-16)24-20-17(22(29)30-2)13-25(11-12-27)21(20)28/h3-10,24,27H,11-13H2,1-2H3. The van der Waals surface area contributed by atoms with Crippen molar-refractivity contribution >= 4 is 28.6 Å². The van der Waals surface area contributed by atoms with Crippen LogP contribution in [0.3, 0.4) is 0 Å². The third-order valence-electron chi connectivity index (χ3n) is 5.08. The number of β-amino-alcohol motifs (C(OH)–C–C–N with tert-alkyl or cyclic N) is 1. The van der Waals surface area contributed by atoms with Gasteiger partial charge in [0, 0.05) is 17.9 Å². The van der Waals surface area contributed by atoms with Crippen molar-refractivity contribution in [3.8, 4) is 5.69 Å². The summed E-state index contributed by atoms with van der Waals surface area (Å²) < 4.78 is 6.87. The number of fused-ring (bicyclic) bond motifs is 1. The smallest absolute Gasteiger partial charge is 0.337 e. The Balaban J connectivity index is 1.63. The minimum Gasteiger partial charge on any atom is -0.466 e. The van der Waals surface area contributed by atoms with Crippen LogP contribution >= 0.6 is 0 Å². The van der Waals surface area contributed by atoms with Crippen LogP contribution in [-0.4, -0.2) is 58.2 Å². The molecule has 4 rings (SSSR count). The number of carbonyl (C=O) groups is 2. The third-order valence-corrected chi connectivity index (χ3v) is 5.08. The lowest BCUT2D eigenvalue weighted by Crippen LogP contribution is -2.31. The number of hydrogen-bond acceptors (Lipinski definition) is 6. The molecule has 2 aromatic carbocycles. The molecule has 30 heavy (non-hydrogen) atoms. The van der Waals surface area contributed by atoms with Gasteiger partial charge < -0.3 is 20.1 Å². The predicted octanol–water partition coefficient (Wildman–Crippen LogP) is 2.01. The lowest BCUT2D eigenvalue weighted by atomic mass is 10.2. The molecule has 8 nitrogen and oxygen atoms in total. The largest absolute Gasteiger partial charge is 0.466 e. The predicted molar refractivity (Wildman–Crippen MR) is 112 cm³/mol. The monoisotopic (exact) mass is 406 g/mol. The topological polar surface area (TPSA) is 96.7 Å². The molecule has 0 radical (unpaired) electrons. The van der Waals surface area contributed by atoms with Gasteiger partial charge >= 0.3 is 5.97 Å². The van der Waals surface area contributed by atoms with Crippen molar-refractivity contribution in [1.82, 2.24) is 14.5 Å². The molecule has 3 aromatic rings. The van der Waals surface area contributed by atoms with E-state index in [4.69, 9.17) is 9.84 Å². The first kappa shape index (κ1) is 19.7. The van der Waals surface area contributed by atoms with E-state index in [2.05, 4.69) is 14.9 Å². The molecule has 0 bridgehead atoms. The van der Waals surface area contributed by atoms with E-state index in [1.165, 1.54) is 12.0 Å². The number of ether oxygens (including phenoxy) is 1. The van der Waals surface area contributed by atoms with E-state index < -0.39 is 5.97 Å². The maximum Gasteiger partial charge on any atom is 0.337 e. The van der Waals surface area contributed by atoms with Gasteiger partial charge in [-0.05, 0) is 43.3 Å². The zero-order valence-corrected chi connectivity index (χ0v) is 16.8. The Morgan fingerprint density at radius 1 is 1.20 bits per heavy atom. The highest BCUT2D eigenvalue weighted by molar-refractivity contribution is 6.08. The Labute approximate surface area is 173 Å². The SMILES string of the molecule is COC(=O)C1=C(Nc2ccc(-n3c(C)nc4ccccc43)cc2)C(=O)N(CCO)C1. The van der Waals surface area contributed by atoms with Gasteiger partial charge in [0.2, 0.25) is 0 Å². The van der Waals surface area contributed by atoms with Crippen LogP contribution in [0.4, 0.5) is 5.69 Å². The molecule has 0 atom stereocenters. The highest BCUT2D eigenvalue weighted by Gasteiger charge is 2.34. The molecule has 0 unspecified atom stereocenters. The maximum absolute atomic E-state index is 12.6. The number of anilines is 1. The quantitative estimate of drug-likeness (QED) is 0.608. The molecule has 0 fully saturated rings. The molecule has 0 saturated carbocycles. The van der Waals surface area contributed by atoms with Gasteiger partial charge in [0.05, 0.1) is 36.9 Å².